The molecule has 0 bridgehead atoms. The molecule has 41 heavy (non-hydrogen) atoms. The fourth-order valence-electron chi connectivity index (χ4n) is 5.88. The molecule has 2 N–H and O–H groups in total. The van der Waals surface area contributed by atoms with Gasteiger partial charge >= 0.3 is 0 Å². The van der Waals surface area contributed by atoms with Gasteiger partial charge in [0.15, 0.2) is 0 Å². The van der Waals surface area contributed by atoms with Crippen LogP contribution in [0.1, 0.15) is 73.7 Å². The van der Waals surface area contributed by atoms with Crippen molar-refractivity contribution in [2.24, 2.45) is 5.92 Å². The third kappa shape index (κ3) is 5.75. The molecule has 1 aliphatic heterocycles. The summed E-state index contributed by atoms with van der Waals surface area (Å²) in [6, 6.07) is 5.36. The number of hydrogen-bond donors (Lipinski definition) is 2. The standard InChI is InChI=1S/C31H35F3N4O3/c1-16(39)15-38(4)31(40)20-10-8-19(9-11-20)24-14-25-27(23-12-13-41-28(23)24)36-18(3)37-30(25)35-17(2)21-6-5-7-22(26(21)32)29(33)34/h5-8,14,16-17,20,29,39H,9-13,15H2,1-4H3,(H,35,36,37)/t16?,17-,20?/m1/s1. The third-order valence-electron chi connectivity index (χ3n) is 7.88. The predicted molar refractivity (Wildman–Crippen MR) is 152 cm³/mol. The number of benzene rings is 2. The normalized spacial score (nSPS) is 18.1. The SMILES string of the molecule is Cc1nc(N[C@H](C)c2cccc(C(F)F)c2F)c2cc(C3=CCC(C(=O)N(C)CC(C)O)CC3)c3c(c2n1)CCO3. The number of carbonyl (C=O) groups excluding carboxylic acids is 1. The van der Waals surface area contributed by atoms with Gasteiger partial charge in [-0.2, -0.15) is 0 Å². The second-order valence-electron chi connectivity index (χ2n) is 11.0. The highest BCUT2D eigenvalue weighted by atomic mass is 19.3. The quantitative estimate of drug-likeness (QED) is 0.339. The van der Waals surface area contributed by atoms with Crippen molar-refractivity contribution in [3.8, 4) is 5.75 Å². The van der Waals surface area contributed by atoms with Crippen LogP contribution in [0.25, 0.3) is 16.5 Å². The molecule has 0 spiro atoms. The van der Waals surface area contributed by atoms with E-state index in [2.05, 4.69) is 16.4 Å². The van der Waals surface area contributed by atoms with Crippen molar-refractivity contribution in [1.29, 1.82) is 0 Å². The number of anilines is 1. The monoisotopic (exact) mass is 568 g/mol. The number of aliphatic hydroxyl groups is 1. The fraction of sp³-hybridized carbons (Fsp3) is 0.452. The number of amides is 1. The van der Waals surface area contributed by atoms with Crippen LogP contribution in [0.4, 0.5) is 19.0 Å². The zero-order chi connectivity index (χ0) is 29.4. The van der Waals surface area contributed by atoms with Crippen molar-refractivity contribution in [2.45, 2.75) is 65.0 Å². The first-order chi connectivity index (χ1) is 19.5. The van der Waals surface area contributed by atoms with E-state index >= 15 is 0 Å². The van der Waals surface area contributed by atoms with Gasteiger partial charge in [0.25, 0.3) is 6.43 Å². The smallest absolute Gasteiger partial charge is 0.266 e. The summed E-state index contributed by atoms with van der Waals surface area (Å²) in [6.45, 7) is 5.97. The summed E-state index contributed by atoms with van der Waals surface area (Å²) in [7, 11) is 1.71. The fourth-order valence-corrected chi connectivity index (χ4v) is 5.88. The van der Waals surface area contributed by atoms with Gasteiger partial charge < -0.3 is 20.1 Å². The molecule has 3 atom stereocenters. The molecule has 1 amide bonds. The van der Waals surface area contributed by atoms with Gasteiger partial charge in [0.2, 0.25) is 5.91 Å². The highest BCUT2D eigenvalue weighted by Gasteiger charge is 2.30. The van der Waals surface area contributed by atoms with E-state index in [9.17, 15) is 23.1 Å². The molecule has 2 unspecified atom stereocenters. The molecule has 10 heteroatoms. The molecule has 5 rings (SSSR count). The van der Waals surface area contributed by atoms with Crippen molar-refractivity contribution in [1.82, 2.24) is 14.9 Å². The first-order valence-electron chi connectivity index (χ1n) is 14.0. The van der Waals surface area contributed by atoms with Crippen LogP contribution in [0.2, 0.25) is 0 Å². The first-order valence-corrected chi connectivity index (χ1v) is 14.0. The number of aromatic nitrogens is 2. The van der Waals surface area contributed by atoms with Gasteiger partial charge in [0.1, 0.15) is 23.2 Å². The van der Waals surface area contributed by atoms with E-state index in [0.717, 1.165) is 39.4 Å². The minimum absolute atomic E-state index is 0.0219. The second kappa shape index (κ2) is 11.7. The predicted octanol–water partition coefficient (Wildman–Crippen LogP) is 6.15. The lowest BCUT2D eigenvalue weighted by atomic mass is 9.84. The maximum absolute atomic E-state index is 14.9. The molecule has 0 saturated heterocycles. The van der Waals surface area contributed by atoms with Crippen LogP contribution in [0.3, 0.4) is 0 Å². The lowest BCUT2D eigenvalue weighted by molar-refractivity contribution is -0.135. The Labute approximate surface area is 237 Å². The maximum Gasteiger partial charge on any atom is 0.266 e. The highest BCUT2D eigenvalue weighted by molar-refractivity contribution is 5.97. The van der Waals surface area contributed by atoms with Crippen LogP contribution in [0.5, 0.6) is 5.75 Å². The number of fused-ring (bicyclic) bond motifs is 3. The number of carbonyl (C=O) groups is 1. The number of ether oxygens (including phenoxy) is 1. The van der Waals surface area contributed by atoms with Gasteiger partial charge in [-0.25, -0.2) is 23.1 Å². The van der Waals surface area contributed by atoms with Crippen molar-refractivity contribution in [3.05, 3.63) is 64.2 Å². The number of aryl methyl sites for hydroxylation is 1. The van der Waals surface area contributed by atoms with E-state index in [1.165, 1.54) is 12.1 Å². The van der Waals surface area contributed by atoms with Gasteiger partial charge in [0, 0.05) is 48.0 Å². The average Bonchev–Trinajstić information content (AvgIpc) is 3.42. The molecule has 1 aliphatic carbocycles. The Kier molecular flexibility index (Phi) is 8.22. The highest BCUT2D eigenvalue weighted by Crippen LogP contribution is 2.44. The van der Waals surface area contributed by atoms with Crippen LogP contribution < -0.4 is 10.1 Å². The molecule has 0 radical (unpaired) electrons. The molecule has 0 saturated carbocycles. The number of nitrogens with one attached hydrogen (secondary N) is 1. The van der Waals surface area contributed by atoms with Crippen LogP contribution in [0, 0.1) is 18.7 Å². The molecule has 2 aromatic carbocycles. The molecule has 1 aromatic heterocycles. The van der Waals surface area contributed by atoms with E-state index in [1.54, 1.807) is 32.7 Å². The summed E-state index contributed by atoms with van der Waals surface area (Å²) in [4.78, 5) is 23.8. The number of alkyl halides is 2. The summed E-state index contributed by atoms with van der Waals surface area (Å²) in [5, 5.41) is 13.7. The minimum Gasteiger partial charge on any atom is -0.492 e. The van der Waals surface area contributed by atoms with E-state index < -0.39 is 30.0 Å². The Balaban J connectivity index is 1.50. The van der Waals surface area contributed by atoms with Crippen LogP contribution in [-0.2, 0) is 11.2 Å². The maximum atomic E-state index is 14.9. The Morgan fingerprint density at radius 2 is 1.98 bits per heavy atom. The van der Waals surface area contributed by atoms with Gasteiger partial charge in [-0.15, -0.1) is 0 Å². The zero-order valence-electron chi connectivity index (χ0n) is 23.7. The van der Waals surface area contributed by atoms with Gasteiger partial charge in [-0.05, 0) is 51.7 Å². The lowest BCUT2D eigenvalue weighted by Crippen LogP contribution is -2.37. The number of likely N-dealkylation sites (N-methyl/N-ethyl adjacent to an activating group) is 1. The van der Waals surface area contributed by atoms with E-state index in [1.807, 2.05) is 6.07 Å². The minimum atomic E-state index is -2.91. The average molecular weight is 569 g/mol. The van der Waals surface area contributed by atoms with Crippen molar-refractivity contribution < 1.29 is 27.8 Å². The molecule has 2 aliphatic rings. The summed E-state index contributed by atoms with van der Waals surface area (Å²) in [6.07, 6.45) is 1.20. The number of rotatable bonds is 8. The van der Waals surface area contributed by atoms with E-state index in [-0.39, 0.29) is 17.4 Å². The topological polar surface area (TPSA) is 87.6 Å². The molecule has 2 heterocycles. The number of aliphatic hydroxyl groups excluding tert-OH is 1. The van der Waals surface area contributed by atoms with Crippen molar-refractivity contribution in [2.75, 3.05) is 25.5 Å². The summed E-state index contributed by atoms with van der Waals surface area (Å²) < 4.78 is 47.7. The molecule has 3 aromatic rings. The second-order valence-corrected chi connectivity index (χ2v) is 11.0. The largest absolute Gasteiger partial charge is 0.492 e. The van der Waals surface area contributed by atoms with Gasteiger partial charge in [0.05, 0.1) is 29.8 Å². The molecular formula is C31H35F3N4O3. The summed E-state index contributed by atoms with van der Waals surface area (Å²) >= 11 is 0. The Bertz CT molecular complexity index is 1510. The van der Waals surface area contributed by atoms with Crippen molar-refractivity contribution in [3.63, 3.8) is 0 Å². The molecule has 0 fully saturated rings. The van der Waals surface area contributed by atoms with E-state index in [4.69, 9.17) is 9.72 Å². The third-order valence-corrected chi connectivity index (χ3v) is 7.88. The number of allylic oxidation sites excluding steroid dienone is 2. The molecule has 7 nitrogen and oxygen atoms in total. The summed E-state index contributed by atoms with van der Waals surface area (Å²) in [5.74, 6) is 0.738. The van der Waals surface area contributed by atoms with Crippen LogP contribution in [-0.4, -0.2) is 52.2 Å². The number of nitrogens with zero attached hydrogens (tertiary/aromatic N) is 3. The molecule has 218 valence electrons. The van der Waals surface area contributed by atoms with Crippen LogP contribution >= 0.6 is 0 Å². The Morgan fingerprint density at radius 3 is 2.66 bits per heavy atom. The van der Waals surface area contributed by atoms with Crippen LogP contribution in [0.15, 0.2) is 30.3 Å². The van der Waals surface area contributed by atoms with Gasteiger partial charge in [-0.1, -0.05) is 24.3 Å². The van der Waals surface area contributed by atoms with E-state index in [0.29, 0.717) is 50.5 Å². The van der Waals surface area contributed by atoms with Gasteiger partial charge in [-0.3, -0.25) is 4.79 Å². The zero-order valence-corrected chi connectivity index (χ0v) is 23.7. The summed E-state index contributed by atoms with van der Waals surface area (Å²) in [5.41, 5.74) is 3.21. The Hall–Kier alpha value is -3.66. The first kappa shape index (κ1) is 28.9. The number of halogens is 3. The molecular weight excluding hydrogens is 533 g/mol. The van der Waals surface area contributed by atoms with Crippen molar-refractivity contribution >= 4 is 28.2 Å². The Morgan fingerprint density at radius 1 is 1.22 bits per heavy atom. The lowest BCUT2D eigenvalue weighted by Gasteiger charge is -2.27. The number of hydrogen-bond acceptors (Lipinski definition) is 6.